The fraction of sp³-hybridized carbons (Fsp3) is 0.125. The van der Waals surface area contributed by atoms with Gasteiger partial charge in [0.2, 0.25) is 0 Å². The standard InChI is InChI=1S/C32H26Br2ClN3O4/c1-20-7-8-21(2)38(20)24-9-11-25(12-10-24)40-19-26-13-14-30(42-26)32(39)37-36-17-22-15-27(33)31(28(34)16-22)41-18-23-5-3-4-6-29(23)35/h3-17H,18-19H2,1-2H3,(H,37,39)/b36-17+. The summed E-state index contributed by atoms with van der Waals surface area (Å²) in [5.41, 5.74) is 7.51. The van der Waals surface area contributed by atoms with Gasteiger partial charge in [-0.15, -0.1) is 0 Å². The number of furan rings is 1. The molecule has 0 spiro atoms. The Morgan fingerprint density at radius 1 is 0.929 bits per heavy atom. The van der Waals surface area contributed by atoms with Gasteiger partial charge in [0.15, 0.2) is 5.76 Å². The number of hydrogen-bond acceptors (Lipinski definition) is 5. The van der Waals surface area contributed by atoms with Crippen molar-refractivity contribution in [1.82, 2.24) is 9.99 Å². The highest BCUT2D eigenvalue weighted by molar-refractivity contribution is 9.11. The summed E-state index contributed by atoms with van der Waals surface area (Å²) in [5, 5.41) is 4.70. The van der Waals surface area contributed by atoms with E-state index in [1.807, 2.05) is 60.7 Å². The Labute approximate surface area is 265 Å². The van der Waals surface area contributed by atoms with Crippen LogP contribution in [0.3, 0.4) is 0 Å². The molecule has 0 aliphatic rings. The van der Waals surface area contributed by atoms with Crippen LogP contribution in [-0.4, -0.2) is 16.7 Å². The van der Waals surface area contributed by atoms with Gasteiger partial charge < -0.3 is 18.5 Å². The molecule has 1 amide bonds. The Morgan fingerprint density at radius 3 is 2.31 bits per heavy atom. The zero-order valence-corrected chi connectivity index (χ0v) is 26.7. The Balaban J connectivity index is 1.13. The number of nitrogens with zero attached hydrogens (tertiary/aromatic N) is 2. The molecular formula is C32H26Br2ClN3O4. The number of ether oxygens (including phenoxy) is 2. The minimum Gasteiger partial charge on any atom is -0.486 e. The maximum absolute atomic E-state index is 12.6. The summed E-state index contributed by atoms with van der Waals surface area (Å²) in [4.78, 5) is 12.6. The second-order valence-electron chi connectivity index (χ2n) is 9.39. The number of nitrogens with one attached hydrogen (secondary N) is 1. The molecule has 0 unspecified atom stereocenters. The predicted molar refractivity (Wildman–Crippen MR) is 171 cm³/mol. The van der Waals surface area contributed by atoms with Crippen LogP contribution < -0.4 is 14.9 Å². The first-order valence-corrected chi connectivity index (χ1v) is 14.9. The highest BCUT2D eigenvalue weighted by Crippen LogP contribution is 2.35. The molecule has 0 aliphatic carbocycles. The molecule has 42 heavy (non-hydrogen) atoms. The topological polar surface area (TPSA) is 78.0 Å². The SMILES string of the molecule is Cc1ccc(C)n1-c1ccc(OCc2ccc(C(=O)N/N=C/c3cc(Br)c(OCc4ccccc4Cl)c(Br)c3)o2)cc1. The summed E-state index contributed by atoms with van der Waals surface area (Å²) in [6, 6.07) is 26.5. The van der Waals surface area contributed by atoms with Crippen molar-refractivity contribution in [2.75, 3.05) is 0 Å². The molecule has 0 bridgehead atoms. The number of halogens is 3. The second-order valence-corrected chi connectivity index (χ2v) is 11.5. The van der Waals surface area contributed by atoms with Gasteiger partial charge in [0, 0.05) is 27.7 Å². The van der Waals surface area contributed by atoms with Gasteiger partial charge in [0.1, 0.15) is 30.5 Å². The maximum atomic E-state index is 12.6. The van der Waals surface area contributed by atoms with E-state index < -0.39 is 5.91 Å². The van der Waals surface area contributed by atoms with E-state index in [0.29, 0.717) is 28.9 Å². The molecule has 5 rings (SSSR count). The maximum Gasteiger partial charge on any atom is 0.307 e. The third-order valence-corrected chi connectivity index (χ3v) is 7.91. The van der Waals surface area contributed by atoms with E-state index in [9.17, 15) is 4.79 Å². The van der Waals surface area contributed by atoms with E-state index in [4.69, 9.17) is 25.5 Å². The Kier molecular flexibility index (Phi) is 9.51. The fourth-order valence-corrected chi connectivity index (χ4v) is 5.92. The van der Waals surface area contributed by atoms with Gasteiger partial charge >= 0.3 is 5.91 Å². The van der Waals surface area contributed by atoms with Gasteiger partial charge in [0.05, 0.1) is 15.2 Å². The van der Waals surface area contributed by atoms with Crippen molar-refractivity contribution in [3.05, 3.63) is 133 Å². The number of rotatable bonds is 10. The minimum absolute atomic E-state index is 0.130. The average Bonchev–Trinajstić information content (AvgIpc) is 3.58. The summed E-state index contributed by atoms with van der Waals surface area (Å²) >= 11 is 13.3. The predicted octanol–water partition coefficient (Wildman–Crippen LogP) is 8.79. The van der Waals surface area contributed by atoms with Crippen molar-refractivity contribution in [3.8, 4) is 17.2 Å². The number of hydrogen-bond donors (Lipinski definition) is 1. The number of hydrazone groups is 1. The van der Waals surface area contributed by atoms with Gasteiger partial charge in [-0.3, -0.25) is 4.79 Å². The molecule has 10 heteroatoms. The van der Waals surface area contributed by atoms with Crippen molar-refractivity contribution in [3.63, 3.8) is 0 Å². The molecule has 214 valence electrons. The molecule has 1 N–H and O–H groups in total. The summed E-state index contributed by atoms with van der Waals surface area (Å²) < 4.78 is 21.1. The lowest BCUT2D eigenvalue weighted by atomic mass is 10.2. The zero-order chi connectivity index (χ0) is 29.6. The van der Waals surface area contributed by atoms with Crippen LogP contribution in [0.5, 0.6) is 11.5 Å². The summed E-state index contributed by atoms with van der Waals surface area (Å²) in [7, 11) is 0. The first kappa shape index (κ1) is 29.7. The monoisotopic (exact) mass is 709 g/mol. The molecule has 5 aromatic rings. The molecule has 2 aromatic heterocycles. The van der Waals surface area contributed by atoms with E-state index in [2.05, 4.69) is 72.9 Å². The van der Waals surface area contributed by atoms with Crippen LogP contribution in [0.2, 0.25) is 5.02 Å². The molecule has 7 nitrogen and oxygen atoms in total. The molecule has 0 radical (unpaired) electrons. The fourth-order valence-electron chi connectivity index (χ4n) is 4.28. The van der Waals surface area contributed by atoms with Crippen LogP contribution in [0.25, 0.3) is 5.69 Å². The first-order valence-electron chi connectivity index (χ1n) is 12.9. The molecule has 2 heterocycles. The van der Waals surface area contributed by atoms with Gasteiger partial charge in [-0.05, 0) is 118 Å². The molecule has 0 fully saturated rings. The van der Waals surface area contributed by atoms with Crippen molar-refractivity contribution in [1.29, 1.82) is 0 Å². The van der Waals surface area contributed by atoms with Crippen LogP contribution in [0.4, 0.5) is 0 Å². The van der Waals surface area contributed by atoms with Gasteiger partial charge in [-0.1, -0.05) is 29.8 Å². The lowest BCUT2D eigenvalue weighted by molar-refractivity contribution is 0.0923. The summed E-state index contributed by atoms with van der Waals surface area (Å²) in [6.45, 7) is 4.65. The van der Waals surface area contributed by atoms with Crippen LogP contribution in [0.15, 0.2) is 103 Å². The molecular weight excluding hydrogens is 686 g/mol. The van der Waals surface area contributed by atoms with Crippen molar-refractivity contribution in [2.24, 2.45) is 5.10 Å². The molecule has 0 atom stereocenters. The minimum atomic E-state index is -0.475. The second kappa shape index (κ2) is 13.5. The summed E-state index contributed by atoms with van der Waals surface area (Å²) in [6.07, 6.45) is 1.53. The lowest BCUT2D eigenvalue weighted by Gasteiger charge is -2.12. The number of aromatic nitrogens is 1. The van der Waals surface area contributed by atoms with E-state index in [1.165, 1.54) is 17.6 Å². The molecule has 3 aromatic carbocycles. The number of amides is 1. The average molecular weight is 712 g/mol. The number of benzene rings is 3. The smallest absolute Gasteiger partial charge is 0.307 e. The van der Waals surface area contributed by atoms with Gasteiger partial charge in [-0.25, -0.2) is 5.43 Å². The van der Waals surface area contributed by atoms with Crippen molar-refractivity contribution in [2.45, 2.75) is 27.1 Å². The van der Waals surface area contributed by atoms with Crippen LogP contribution in [0, 0.1) is 13.8 Å². The van der Waals surface area contributed by atoms with E-state index in [1.54, 1.807) is 12.1 Å². The number of aryl methyl sites for hydroxylation is 2. The zero-order valence-electron chi connectivity index (χ0n) is 22.7. The van der Waals surface area contributed by atoms with E-state index >= 15 is 0 Å². The number of carbonyl (C=O) groups is 1. The van der Waals surface area contributed by atoms with E-state index in [-0.39, 0.29) is 12.4 Å². The third kappa shape index (κ3) is 7.15. The number of carbonyl (C=O) groups excluding carboxylic acids is 1. The largest absolute Gasteiger partial charge is 0.486 e. The van der Waals surface area contributed by atoms with Crippen LogP contribution >= 0.6 is 43.5 Å². The first-order chi connectivity index (χ1) is 20.3. The van der Waals surface area contributed by atoms with Crippen LogP contribution in [-0.2, 0) is 13.2 Å². The molecule has 0 saturated heterocycles. The lowest BCUT2D eigenvalue weighted by Crippen LogP contribution is -2.16. The Hall–Kier alpha value is -3.79. The quantitative estimate of drug-likeness (QED) is 0.116. The highest BCUT2D eigenvalue weighted by Gasteiger charge is 2.13. The third-order valence-electron chi connectivity index (χ3n) is 6.36. The Bertz CT molecular complexity index is 1700. The normalized spacial score (nSPS) is 11.2. The Morgan fingerprint density at radius 2 is 1.62 bits per heavy atom. The van der Waals surface area contributed by atoms with Crippen molar-refractivity contribution >= 4 is 55.6 Å². The van der Waals surface area contributed by atoms with Gasteiger partial charge in [0.25, 0.3) is 0 Å². The highest BCUT2D eigenvalue weighted by atomic mass is 79.9. The van der Waals surface area contributed by atoms with Crippen LogP contribution in [0.1, 0.15) is 38.8 Å². The molecule has 0 aliphatic heterocycles. The molecule has 0 saturated carbocycles. The van der Waals surface area contributed by atoms with Crippen molar-refractivity contribution < 1.29 is 18.7 Å². The summed E-state index contributed by atoms with van der Waals surface area (Å²) in [5.74, 6) is 1.50. The van der Waals surface area contributed by atoms with Gasteiger partial charge in [-0.2, -0.15) is 5.10 Å². The van der Waals surface area contributed by atoms with E-state index in [0.717, 1.165) is 25.8 Å².